The first-order chi connectivity index (χ1) is 10.7. The molecule has 22 heavy (non-hydrogen) atoms. The van der Waals surface area contributed by atoms with Crippen LogP contribution in [0.5, 0.6) is 0 Å². The summed E-state index contributed by atoms with van der Waals surface area (Å²) in [6.07, 6.45) is 3.30. The van der Waals surface area contributed by atoms with Crippen LogP contribution in [0.1, 0.15) is 32.6 Å². The maximum Gasteiger partial charge on any atom is 0.409 e. The van der Waals surface area contributed by atoms with Crippen LogP contribution in [0.4, 0.5) is 9.59 Å². The zero-order valence-electron chi connectivity index (χ0n) is 13.3. The average molecular weight is 313 g/mol. The standard InChI is InChI=1S/C15H27N3O4/c1-2-22-15(20)18-7-3-13(4-8-18)17-14(19)16-11-12-5-9-21-10-6-12/h12-13H,2-11H2,1H3,(H2,16,17,19). The highest BCUT2D eigenvalue weighted by molar-refractivity contribution is 5.74. The summed E-state index contributed by atoms with van der Waals surface area (Å²) < 4.78 is 10.3. The van der Waals surface area contributed by atoms with Gasteiger partial charge in [0.05, 0.1) is 6.61 Å². The Kier molecular flexibility index (Phi) is 6.76. The van der Waals surface area contributed by atoms with Gasteiger partial charge < -0.3 is 25.0 Å². The number of urea groups is 1. The van der Waals surface area contributed by atoms with Gasteiger partial charge in [0.15, 0.2) is 0 Å². The smallest absolute Gasteiger partial charge is 0.409 e. The number of nitrogens with one attached hydrogen (secondary N) is 2. The molecule has 0 radical (unpaired) electrons. The number of carbonyl (C=O) groups excluding carboxylic acids is 2. The summed E-state index contributed by atoms with van der Waals surface area (Å²) in [6, 6.07) is 0.0152. The Morgan fingerprint density at radius 3 is 2.50 bits per heavy atom. The van der Waals surface area contributed by atoms with E-state index in [4.69, 9.17) is 9.47 Å². The van der Waals surface area contributed by atoms with Crippen molar-refractivity contribution in [1.82, 2.24) is 15.5 Å². The highest BCUT2D eigenvalue weighted by atomic mass is 16.6. The number of hydrogen-bond acceptors (Lipinski definition) is 4. The molecule has 2 aliphatic rings. The van der Waals surface area contributed by atoms with Crippen molar-refractivity contribution in [2.45, 2.75) is 38.6 Å². The molecular formula is C15H27N3O4. The van der Waals surface area contributed by atoms with Gasteiger partial charge in [-0.25, -0.2) is 9.59 Å². The summed E-state index contributed by atoms with van der Waals surface area (Å²) in [6.45, 7) is 5.74. The Labute approximate surface area is 131 Å². The van der Waals surface area contributed by atoms with Crippen molar-refractivity contribution in [1.29, 1.82) is 0 Å². The first kappa shape index (κ1) is 16.9. The Morgan fingerprint density at radius 2 is 1.86 bits per heavy atom. The molecule has 0 spiro atoms. The van der Waals surface area contributed by atoms with Crippen LogP contribution in [-0.2, 0) is 9.47 Å². The second kappa shape index (κ2) is 8.82. The second-order valence-electron chi connectivity index (χ2n) is 5.87. The lowest BCUT2D eigenvalue weighted by atomic mass is 10.0. The van der Waals surface area contributed by atoms with E-state index in [1.165, 1.54) is 0 Å². The number of piperidine rings is 1. The highest BCUT2D eigenvalue weighted by Crippen LogP contribution is 2.14. The van der Waals surface area contributed by atoms with Gasteiger partial charge in [-0.1, -0.05) is 0 Å². The van der Waals surface area contributed by atoms with Crippen LogP contribution >= 0.6 is 0 Å². The zero-order chi connectivity index (χ0) is 15.8. The van der Waals surface area contributed by atoms with Crippen LogP contribution in [0.15, 0.2) is 0 Å². The average Bonchev–Trinajstić information content (AvgIpc) is 2.55. The minimum absolute atomic E-state index is 0.110. The van der Waals surface area contributed by atoms with Crippen molar-refractivity contribution in [3.63, 3.8) is 0 Å². The van der Waals surface area contributed by atoms with Crippen molar-refractivity contribution >= 4 is 12.1 Å². The van der Waals surface area contributed by atoms with E-state index in [0.29, 0.717) is 32.2 Å². The zero-order valence-corrected chi connectivity index (χ0v) is 13.3. The summed E-state index contributed by atoms with van der Waals surface area (Å²) >= 11 is 0. The lowest BCUT2D eigenvalue weighted by molar-refractivity contribution is 0.0668. The molecule has 0 aliphatic carbocycles. The van der Waals surface area contributed by atoms with Crippen LogP contribution < -0.4 is 10.6 Å². The van der Waals surface area contributed by atoms with Crippen molar-refractivity contribution < 1.29 is 19.1 Å². The Morgan fingerprint density at radius 1 is 1.18 bits per heavy atom. The maximum atomic E-state index is 11.9. The van der Waals surface area contributed by atoms with E-state index < -0.39 is 0 Å². The molecule has 7 heteroatoms. The molecule has 0 saturated carbocycles. The fourth-order valence-electron chi connectivity index (χ4n) is 2.85. The number of rotatable bonds is 4. The molecule has 0 atom stereocenters. The van der Waals surface area contributed by atoms with E-state index in [-0.39, 0.29) is 18.2 Å². The fourth-order valence-corrected chi connectivity index (χ4v) is 2.85. The quantitative estimate of drug-likeness (QED) is 0.820. The van der Waals surface area contributed by atoms with Gasteiger partial charge in [-0.2, -0.15) is 0 Å². The van der Waals surface area contributed by atoms with Crippen LogP contribution in [0.2, 0.25) is 0 Å². The molecule has 2 rings (SSSR count). The van der Waals surface area contributed by atoms with Gasteiger partial charge in [0.25, 0.3) is 0 Å². The number of hydrogen-bond donors (Lipinski definition) is 2. The SMILES string of the molecule is CCOC(=O)N1CCC(NC(=O)NCC2CCOCC2)CC1. The van der Waals surface area contributed by atoms with Crippen molar-refractivity contribution in [2.24, 2.45) is 5.92 Å². The Bertz CT molecular complexity index is 364. The molecule has 0 aromatic carbocycles. The van der Waals surface area contributed by atoms with Gasteiger partial charge in [-0.05, 0) is 38.5 Å². The van der Waals surface area contributed by atoms with Gasteiger partial charge in [0.1, 0.15) is 0 Å². The molecule has 2 N–H and O–H groups in total. The lowest BCUT2D eigenvalue weighted by Crippen LogP contribution is -2.49. The summed E-state index contributed by atoms with van der Waals surface area (Å²) in [4.78, 5) is 25.2. The topological polar surface area (TPSA) is 79.9 Å². The number of carbonyl (C=O) groups is 2. The van der Waals surface area contributed by atoms with E-state index >= 15 is 0 Å². The molecule has 126 valence electrons. The second-order valence-corrected chi connectivity index (χ2v) is 5.87. The molecular weight excluding hydrogens is 286 g/mol. The first-order valence-corrected chi connectivity index (χ1v) is 8.23. The van der Waals surface area contributed by atoms with Crippen molar-refractivity contribution in [3.8, 4) is 0 Å². The first-order valence-electron chi connectivity index (χ1n) is 8.23. The third-order valence-corrected chi connectivity index (χ3v) is 4.25. The summed E-state index contributed by atoms with van der Waals surface area (Å²) in [7, 11) is 0. The summed E-state index contributed by atoms with van der Waals surface area (Å²) in [5.74, 6) is 0.519. The number of nitrogens with zero attached hydrogens (tertiary/aromatic N) is 1. The molecule has 3 amide bonds. The van der Waals surface area contributed by atoms with Gasteiger partial charge in [0.2, 0.25) is 0 Å². The normalized spacial score (nSPS) is 20.5. The van der Waals surface area contributed by atoms with E-state index in [1.54, 1.807) is 11.8 Å². The number of ether oxygens (including phenoxy) is 2. The van der Waals surface area contributed by atoms with Crippen LogP contribution in [0, 0.1) is 5.92 Å². The van der Waals surface area contributed by atoms with E-state index in [9.17, 15) is 9.59 Å². The maximum absolute atomic E-state index is 11.9. The van der Waals surface area contributed by atoms with Gasteiger partial charge >= 0.3 is 12.1 Å². The van der Waals surface area contributed by atoms with Gasteiger partial charge in [0, 0.05) is 38.9 Å². The Hall–Kier alpha value is -1.50. The Balaban J connectivity index is 1.60. The number of likely N-dealkylation sites (tertiary alicyclic amines) is 1. The molecule has 2 heterocycles. The minimum Gasteiger partial charge on any atom is -0.450 e. The molecule has 2 fully saturated rings. The van der Waals surface area contributed by atoms with E-state index in [0.717, 1.165) is 38.9 Å². The monoisotopic (exact) mass is 313 g/mol. The minimum atomic E-state index is -0.259. The van der Waals surface area contributed by atoms with E-state index in [2.05, 4.69) is 10.6 Å². The molecule has 2 aliphatic heterocycles. The van der Waals surface area contributed by atoms with Gasteiger partial charge in [-0.15, -0.1) is 0 Å². The summed E-state index contributed by atoms with van der Waals surface area (Å²) in [5, 5.41) is 5.93. The van der Waals surface area contributed by atoms with E-state index in [1.807, 2.05) is 0 Å². The lowest BCUT2D eigenvalue weighted by Gasteiger charge is -2.31. The molecule has 0 aromatic rings. The predicted molar refractivity (Wildman–Crippen MR) is 81.7 cm³/mol. The molecule has 0 aromatic heterocycles. The van der Waals surface area contributed by atoms with Crippen LogP contribution in [0.3, 0.4) is 0 Å². The van der Waals surface area contributed by atoms with Crippen molar-refractivity contribution in [2.75, 3.05) is 39.5 Å². The molecule has 7 nitrogen and oxygen atoms in total. The highest BCUT2D eigenvalue weighted by Gasteiger charge is 2.24. The summed E-state index contributed by atoms with van der Waals surface area (Å²) in [5.41, 5.74) is 0. The van der Waals surface area contributed by atoms with Crippen LogP contribution in [-0.4, -0.2) is 62.5 Å². The third kappa shape index (κ3) is 5.36. The molecule has 2 saturated heterocycles. The molecule has 0 unspecified atom stereocenters. The van der Waals surface area contributed by atoms with Crippen molar-refractivity contribution in [3.05, 3.63) is 0 Å². The third-order valence-electron chi connectivity index (χ3n) is 4.25. The molecule has 0 bridgehead atoms. The predicted octanol–water partition coefficient (Wildman–Crippen LogP) is 1.33. The number of amides is 3. The largest absolute Gasteiger partial charge is 0.450 e. The van der Waals surface area contributed by atoms with Gasteiger partial charge in [-0.3, -0.25) is 0 Å². The van der Waals surface area contributed by atoms with Crippen LogP contribution in [0.25, 0.3) is 0 Å². The fraction of sp³-hybridized carbons (Fsp3) is 0.867.